The van der Waals surface area contributed by atoms with Crippen LogP contribution in [0.15, 0.2) is 60.7 Å². The number of aliphatic hydroxyl groups is 1. The molecule has 1 heterocycles. The van der Waals surface area contributed by atoms with Gasteiger partial charge in [-0.1, -0.05) is 41.9 Å². The Hall–Kier alpha value is -3.67. The summed E-state index contributed by atoms with van der Waals surface area (Å²) in [6, 6.07) is 17.3. The quantitative estimate of drug-likeness (QED) is 0.278. The van der Waals surface area contributed by atoms with Gasteiger partial charge in [-0.2, -0.15) is 13.2 Å². The third-order valence-electron chi connectivity index (χ3n) is 5.85. The predicted molar refractivity (Wildman–Crippen MR) is 135 cm³/mol. The minimum absolute atomic E-state index is 0.00836. The molecule has 0 bridgehead atoms. The molecule has 0 aromatic heterocycles. The molecule has 2 atom stereocenters. The lowest BCUT2D eigenvalue weighted by atomic mass is 9.96. The molecule has 0 saturated heterocycles. The smallest absolute Gasteiger partial charge is 0.489 e. The van der Waals surface area contributed by atoms with Crippen LogP contribution in [0.4, 0.5) is 17.6 Å². The van der Waals surface area contributed by atoms with Gasteiger partial charge >= 0.3 is 18.1 Å². The molecule has 4 N–H and O–H groups in total. The van der Waals surface area contributed by atoms with Crippen molar-refractivity contribution < 1.29 is 47.2 Å². The molecular formula is C27H24ClF4NO6. The number of nitrogens with one attached hydrogen (secondary N) is 1. The number of aliphatic hydroxyl groups excluding tert-OH is 1. The van der Waals surface area contributed by atoms with Crippen molar-refractivity contribution in [2.75, 3.05) is 13.1 Å². The summed E-state index contributed by atoms with van der Waals surface area (Å²) in [7, 11) is 0. The number of carboxylic acid groups (broad SMARTS) is 2. The van der Waals surface area contributed by atoms with E-state index in [1.807, 2.05) is 12.1 Å². The zero-order valence-corrected chi connectivity index (χ0v) is 21.0. The van der Waals surface area contributed by atoms with Gasteiger partial charge in [-0.05, 0) is 59.9 Å². The number of carbonyl (C=O) groups is 2. The summed E-state index contributed by atoms with van der Waals surface area (Å²) < 4.78 is 51.9. The maximum Gasteiger partial charge on any atom is 0.490 e. The fourth-order valence-electron chi connectivity index (χ4n) is 3.84. The van der Waals surface area contributed by atoms with Crippen molar-refractivity contribution in [2.45, 2.75) is 31.2 Å². The Balaban J connectivity index is 0.000000532. The maximum absolute atomic E-state index is 14.0. The van der Waals surface area contributed by atoms with E-state index in [2.05, 4.69) is 11.4 Å². The predicted octanol–water partition coefficient (Wildman–Crippen LogP) is 5.49. The second kappa shape index (κ2) is 12.9. The molecule has 3 aromatic rings. The van der Waals surface area contributed by atoms with Gasteiger partial charge in [-0.15, -0.1) is 0 Å². The zero-order chi connectivity index (χ0) is 28.7. The summed E-state index contributed by atoms with van der Waals surface area (Å²) in [4.78, 5) is 19.9. The molecule has 0 aliphatic carbocycles. The van der Waals surface area contributed by atoms with Crippen LogP contribution in [-0.2, 0) is 11.2 Å². The van der Waals surface area contributed by atoms with Crippen molar-refractivity contribution >= 4 is 23.5 Å². The largest absolute Gasteiger partial charge is 0.490 e. The first-order valence-electron chi connectivity index (χ1n) is 11.6. The molecule has 39 heavy (non-hydrogen) atoms. The van der Waals surface area contributed by atoms with Gasteiger partial charge in [0.15, 0.2) is 0 Å². The number of carboxylic acids is 2. The lowest BCUT2D eigenvalue weighted by Crippen LogP contribution is -2.36. The molecule has 0 amide bonds. The molecule has 0 fully saturated rings. The summed E-state index contributed by atoms with van der Waals surface area (Å²) in [5, 5.41) is 29.6. The van der Waals surface area contributed by atoms with Crippen LogP contribution in [0.25, 0.3) is 11.1 Å². The fourth-order valence-corrected chi connectivity index (χ4v) is 4.02. The Bertz CT molecular complexity index is 1320. The van der Waals surface area contributed by atoms with E-state index in [1.165, 1.54) is 12.1 Å². The number of rotatable bonds is 7. The SMILES string of the molecule is O=C(O)C(F)(F)F.O=C(O)c1ccc(-c2ccc3c(c2)CC[C@H](CNCC(O)c2cccc(Cl)c2F)O3)cc1. The van der Waals surface area contributed by atoms with Gasteiger partial charge in [0, 0.05) is 18.7 Å². The molecule has 1 unspecified atom stereocenters. The lowest BCUT2D eigenvalue weighted by Gasteiger charge is -2.27. The fraction of sp³-hybridized carbons (Fsp3) is 0.259. The van der Waals surface area contributed by atoms with Gasteiger partial charge in [0.05, 0.1) is 16.7 Å². The van der Waals surface area contributed by atoms with Crippen molar-refractivity contribution in [2.24, 2.45) is 0 Å². The van der Waals surface area contributed by atoms with Crippen molar-refractivity contribution in [1.29, 1.82) is 0 Å². The molecule has 3 aromatic carbocycles. The van der Waals surface area contributed by atoms with Crippen molar-refractivity contribution in [1.82, 2.24) is 5.32 Å². The highest BCUT2D eigenvalue weighted by molar-refractivity contribution is 6.30. The van der Waals surface area contributed by atoms with E-state index in [0.29, 0.717) is 6.54 Å². The zero-order valence-electron chi connectivity index (χ0n) is 20.2. The number of ether oxygens (including phenoxy) is 1. The average Bonchev–Trinajstić information content (AvgIpc) is 2.89. The van der Waals surface area contributed by atoms with E-state index in [-0.39, 0.29) is 28.8 Å². The second-order valence-corrected chi connectivity index (χ2v) is 9.01. The molecule has 1 aliphatic heterocycles. The Morgan fingerprint density at radius 2 is 1.69 bits per heavy atom. The first-order valence-corrected chi connectivity index (χ1v) is 12.0. The van der Waals surface area contributed by atoms with Crippen LogP contribution < -0.4 is 10.1 Å². The molecule has 7 nitrogen and oxygen atoms in total. The number of aryl methyl sites for hydroxylation is 1. The van der Waals surface area contributed by atoms with E-state index in [1.54, 1.807) is 30.3 Å². The number of aliphatic carboxylic acids is 1. The molecule has 4 rings (SSSR count). The van der Waals surface area contributed by atoms with E-state index < -0.39 is 30.0 Å². The van der Waals surface area contributed by atoms with Crippen LogP contribution in [0.2, 0.25) is 5.02 Å². The highest BCUT2D eigenvalue weighted by atomic mass is 35.5. The van der Waals surface area contributed by atoms with Gasteiger partial charge in [0.2, 0.25) is 0 Å². The number of hydrogen-bond acceptors (Lipinski definition) is 5. The first-order chi connectivity index (χ1) is 18.4. The molecule has 0 spiro atoms. The minimum atomic E-state index is -5.08. The minimum Gasteiger partial charge on any atom is -0.489 e. The van der Waals surface area contributed by atoms with Crippen LogP contribution >= 0.6 is 11.6 Å². The van der Waals surface area contributed by atoms with E-state index in [4.69, 9.17) is 31.3 Å². The third kappa shape index (κ3) is 8.16. The Kier molecular flexibility index (Phi) is 9.90. The third-order valence-corrected chi connectivity index (χ3v) is 6.14. The van der Waals surface area contributed by atoms with E-state index >= 15 is 0 Å². The number of aromatic carboxylic acids is 1. The van der Waals surface area contributed by atoms with Gasteiger partial charge in [-0.3, -0.25) is 0 Å². The summed E-state index contributed by atoms with van der Waals surface area (Å²) in [6.07, 6.45) is -4.49. The molecule has 0 radical (unpaired) electrons. The highest BCUT2D eigenvalue weighted by Crippen LogP contribution is 2.32. The van der Waals surface area contributed by atoms with Crippen LogP contribution in [0.3, 0.4) is 0 Å². The molecule has 1 aliphatic rings. The number of hydrogen-bond donors (Lipinski definition) is 4. The highest BCUT2D eigenvalue weighted by Gasteiger charge is 2.38. The van der Waals surface area contributed by atoms with Crippen molar-refractivity contribution in [3.63, 3.8) is 0 Å². The molecule has 208 valence electrons. The number of fused-ring (bicyclic) bond motifs is 1. The molecule has 12 heteroatoms. The summed E-state index contributed by atoms with van der Waals surface area (Å²) in [6.45, 7) is 0.715. The van der Waals surface area contributed by atoms with Crippen LogP contribution in [0.1, 0.15) is 34.0 Å². The lowest BCUT2D eigenvalue weighted by molar-refractivity contribution is -0.192. The monoisotopic (exact) mass is 569 g/mol. The van der Waals surface area contributed by atoms with Crippen molar-refractivity contribution in [3.05, 3.63) is 88.2 Å². The summed E-state index contributed by atoms with van der Waals surface area (Å²) in [5.74, 6) is -3.48. The Morgan fingerprint density at radius 3 is 2.31 bits per heavy atom. The van der Waals surface area contributed by atoms with Gasteiger partial charge in [0.1, 0.15) is 17.7 Å². The van der Waals surface area contributed by atoms with Gasteiger partial charge in [-0.25, -0.2) is 14.0 Å². The van der Waals surface area contributed by atoms with Crippen LogP contribution in [0, 0.1) is 5.82 Å². The standard InChI is InChI=1S/C25H23ClFNO4.C2HF3O2/c26-21-3-1-2-20(24(21)27)22(29)14-28-13-19-10-8-18-12-17(9-11-23(18)32-19)15-4-6-16(7-5-15)25(30)31;3-2(4,5)1(6)7/h1-7,9,11-12,19,22,28-29H,8,10,13-14H2,(H,30,31);(H,6,7)/t19-,22?;/m1./s1. The number of alkyl halides is 3. The molecule has 0 saturated carbocycles. The van der Waals surface area contributed by atoms with Crippen molar-refractivity contribution in [3.8, 4) is 16.9 Å². The number of benzene rings is 3. The van der Waals surface area contributed by atoms with E-state index in [9.17, 15) is 27.5 Å². The number of halogens is 5. The van der Waals surface area contributed by atoms with Crippen LogP contribution in [0.5, 0.6) is 5.75 Å². The first kappa shape index (κ1) is 29.9. The van der Waals surface area contributed by atoms with E-state index in [0.717, 1.165) is 35.3 Å². The van der Waals surface area contributed by atoms with Gasteiger partial charge < -0.3 is 25.4 Å². The topological polar surface area (TPSA) is 116 Å². The van der Waals surface area contributed by atoms with Gasteiger partial charge in [0.25, 0.3) is 0 Å². The normalized spacial score (nSPS) is 15.3. The Labute approximate surface area is 225 Å². The maximum atomic E-state index is 14.0. The summed E-state index contributed by atoms with van der Waals surface area (Å²) >= 11 is 5.78. The average molecular weight is 570 g/mol. The Morgan fingerprint density at radius 1 is 1.05 bits per heavy atom. The summed E-state index contributed by atoms with van der Waals surface area (Å²) in [5.41, 5.74) is 3.48. The molecular weight excluding hydrogens is 546 g/mol. The van der Waals surface area contributed by atoms with Crippen LogP contribution in [-0.4, -0.2) is 52.6 Å². The second-order valence-electron chi connectivity index (χ2n) is 8.60.